The molecule has 1 aliphatic heterocycles. The Morgan fingerprint density at radius 3 is 2.64 bits per heavy atom. The van der Waals surface area contributed by atoms with Gasteiger partial charge in [0, 0.05) is 29.8 Å². The Morgan fingerprint density at radius 1 is 1.28 bits per heavy atom. The molecule has 1 unspecified atom stereocenters. The molecule has 1 saturated heterocycles. The number of hydrogen-bond donors (Lipinski definition) is 1. The van der Waals surface area contributed by atoms with Gasteiger partial charge in [-0.1, -0.05) is 18.2 Å². The first kappa shape index (κ1) is 17.0. The summed E-state index contributed by atoms with van der Waals surface area (Å²) in [6.45, 7) is 1.19. The fraction of sp³-hybridized carbons (Fsp3) is 0.278. The summed E-state index contributed by atoms with van der Waals surface area (Å²) in [5.74, 6) is -0.981. The van der Waals surface area contributed by atoms with Crippen LogP contribution in [0.15, 0.2) is 42.5 Å². The summed E-state index contributed by atoms with van der Waals surface area (Å²) in [4.78, 5) is 24.3. The highest BCUT2D eigenvalue weighted by Crippen LogP contribution is 2.34. The molecule has 0 aromatic heterocycles. The lowest BCUT2D eigenvalue weighted by Gasteiger charge is -2.25. The molecule has 2 aromatic rings. The second-order valence-electron chi connectivity index (χ2n) is 6.14. The van der Waals surface area contributed by atoms with Crippen LogP contribution in [-0.4, -0.2) is 22.3 Å². The zero-order valence-electron chi connectivity index (χ0n) is 13.5. The zero-order chi connectivity index (χ0) is 18.0. The minimum Gasteiger partial charge on any atom is -0.366 e. The van der Waals surface area contributed by atoms with Crippen molar-refractivity contribution >= 4 is 11.6 Å². The normalized spacial score (nSPS) is 17.6. The van der Waals surface area contributed by atoms with Crippen molar-refractivity contribution in [2.24, 2.45) is 5.73 Å². The lowest BCUT2D eigenvalue weighted by atomic mass is 10.0. The average Bonchev–Trinajstić information content (AvgIpc) is 3.03. The van der Waals surface area contributed by atoms with Crippen molar-refractivity contribution in [1.82, 2.24) is 4.90 Å². The van der Waals surface area contributed by atoms with Crippen molar-refractivity contribution < 1.29 is 14.1 Å². The van der Waals surface area contributed by atoms with E-state index in [1.165, 1.54) is 24.3 Å². The first-order chi connectivity index (χ1) is 12.0. The van der Waals surface area contributed by atoms with Crippen LogP contribution >= 0.6 is 0 Å². The molecule has 2 N–H and O–H groups in total. The van der Waals surface area contributed by atoms with Gasteiger partial charge in [-0.2, -0.15) is 0 Å². The van der Waals surface area contributed by atoms with Gasteiger partial charge in [-0.3, -0.25) is 19.8 Å². The number of hydrogen-bond acceptors (Lipinski definition) is 4. The molecule has 1 fully saturated rings. The van der Waals surface area contributed by atoms with Crippen LogP contribution in [0.5, 0.6) is 0 Å². The van der Waals surface area contributed by atoms with Crippen molar-refractivity contribution in [2.45, 2.75) is 25.4 Å². The summed E-state index contributed by atoms with van der Waals surface area (Å²) in [5.41, 5.74) is 6.74. The third kappa shape index (κ3) is 3.66. The van der Waals surface area contributed by atoms with Crippen LogP contribution in [0.4, 0.5) is 10.1 Å². The van der Waals surface area contributed by atoms with Crippen LogP contribution in [0.3, 0.4) is 0 Å². The fourth-order valence-corrected chi connectivity index (χ4v) is 3.32. The number of carbonyl (C=O) groups is 1. The average molecular weight is 343 g/mol. The van der Waals surface area contributed by atoms with E-state index in [1.54, 1.807) is 18.2 Å². The largest absolute Gasteiger partial charge is 0.366 e. The molecule has 0 radical (unpaired) electrons. The molecular formula is C18H18FN3O3. The third-order valence-corrected chi connectivity index (χ3v) is 4.56. The van der Waals surface area contributed by atoms with Gasteiger partial charge in [0.1, 0.15) is 5.82 Å². The Bertz CT molecular complexity index is 808. The highest BCUT2D eigenvalue weighted by Gasteiger charge is 2.28. The number of nitrogens with zero attached hydrogens (tertiary/aromatic N) is 2. The van der Waals surface area contributed by atoms with Gasteiger partial charge in [0.25, 0.3) is 5.69 Å². The van der Waals surface area contributed by atoms with Crippen molar-refractivity contribution in [3.63, 3.8) is 0 Å². The maximum atomic E-state index is 13.1. The van der Waals surface area contributed by atoms with Crippen LogP contribution in [0.25, 0.3) is 0 Å². The summed E-state index contributed by atoms with van der Waals surface area (Å²) in [6, 6.07) is 10.8. The second kappa shape index (κ2) is 6.98. The molecule has 2 aromatic carbocycles. The van der Waals surface area contributed by atoms with Gasteiger partial charge < -0.3 is 5.73 Å². The Labute approximate surface area is 144 Å². The van der Waals surface area contributed by atoms with Gasteiger partial charge in [-0.05, 0) is 43.1 Å². The number of halogens is 1. The number of nitrogens with two attached hydrogens (primary N) is 1. The number of nitro groups is 1. The number of carbonyl (C=O) groups excluding carboxylic acids is 1. The highest BCUT2D eigenvalue weighted by atomic mass is 19.1. The Hall–Kier alpha value is -2.80. The predicted octanol–water partition coefficient (Wildman–Crippen LogP) is 3.17. The summed E-state index contributed by atoms with van der Waals surface area (Å²) in [6.07, 6.45) is 1.88. The van der Waals surface area contributed by atoms with Crippen LogP contribution < -0.4 is 5.73 Å². The van der Waals surface area contributed by atoms with Gasteiger partial charge in [0.2, 0.25) is 5.91 Å². The molecule has 1 amide bonds. The van der Waals surface area contributed by atoms with E-state index >= 15 is 0 Å². The standard InChI is InChI=1S/C18H18FN3O3/c19-15-7-5-12(6-8-15)16-2-1-9-21(16)11-14-4-3-13(18(20)23)10-17(14)22(24)25/h3-8,10,16H,1-2,9,11H2,(H2,20,23). The summed E-state index contributed by atoms with van der Waals surface area (Å²) >= 11 is 0. The molecule has 0 aliphatic carbocycles. The molecule has 3 rings (SSSR count). The molecule has 7 heteroatoms. The van der Waals surface area contributed by atoms with Gasteiger partial charge in [-0.25, -0.2) is 4.39 Å². The number of likely N-dealkylation sites (tertiary alicyclic amines) is 1. The van der Waals surface area contributed by atoms with E-state index in [0.717, 1.165) is 24.9 Å². The molecule has 0 bridgehead atoms. The molecule has 6 nitrogen and oxygen atoms in total. The van der Waals surface area contributed by atoms with Gasteiger partial charge in [-0.15, -0.1) is 0 Å². The van der Waals surface area contributed by atoms with Gasteiger partial charge in [0.15, 0.2) is 0 Å². The SMILES string of the molecule is NC(=O)c1ccc(CN2CCCC2c2ccc(F)cc2)c([N+](=O)[O-])c1. The minimum absolute atomic E-state index is 0.0935. The van der Waals surface area contributed by atoms with Crippen LogP contribution in [0.1, 0.15) is 40.4 Å². The van der Waals surface area contributed by atoms with Crippen molar-refractivity contribution in [3.8, 4) is 0 Å². The highest BCUT2D eigenvalue weighted by molar-refractivity contribution is 5.93. The Morgan fingerprint density at radius 2 is 2.00 bits per heavy atom. The fourth-order valence-electron chi connectivity index (χ4n) is 3.32. The van der Waals surface area contributed by atoms with Gasteiger partial charge >= 0.3 is 0 Å². The Kier molecular flexibility index (Phi) is 4.76. The number of nitro benzene ring substituents is 1. The number of rotatable bonds is 5. The molecule has 1 atom stereocenters. The summed E-state index contributed by atoms with van der Waals surface area (Å²) in [5, 5.41) is 11.4. The van der Waals surface area contributed by atoms with E-state index in [2.05, 4.69) is 4.90 Å². The zero-order valence-corrected chi connectivity index (χ0v) is 13.5. The predicted molar refractivity (Wildman–Crippen MR) is 90.4 cm³/mol. The molecule has 1 heterocycles. The van der Waals surface area contributed by atoms with E-state index in [0.29, 0.717) is 12.1 Å². The van der Waals surface area contributed by atoms with Crippen molar-refractivity contribution in [3.05, 3.63) is 75.1 Å². The number of primary amides is 1. The van der Waals surface area contributed by atoms with Crippen molar-refractivity contribution in [1.29, 1.82) is 0 Å². The van der Waals surface area contributed by atoms with E-state index < -0.39 is 10.8 Å². The van der Waals surface area contributed by atoms with Crippen LogP contribution in [0, 0.1) is 15.9 Å². The molecular weight excluding hydrogens is 325 g/mol. The number of amides is 1. The molecule has 0 spiro atoms. The maximum Gasteiger partial charge on any atom is 0.274 e. The first-order valence-electron chi connectivity index (χ1n) is 8.02. The van der Waals surface area contributed by atoms with Gasteiger partial charge in [0.05, 0.1) is 4.92 Å². The maximum absolute atomic E-state index is 13.1. The van der Waals surface area contributed by atoms with Crippen LogP contribution in [-0.2, 0) is 6.54 Å². The minimum atomic E-state index is -0.694. The lowest BCUT2D eigenvalue weighted by molar-refractivity contribution is -0.385. The quantitative estimate of drug-likeness (QED) is 0.667. The Balaban J connectivity index is 1.86. The van der Waals surface area contributed by atoms with Crippen molar-refractivity contribution in [2.75, 3.05) is 6.54 Å². The molecule has 0 saturated carbocycles. The molecule has 130 valence electrons. The second-order valence-corrected chi connectivity index (χ2v) is 6.14. The number of benzene rings is 2. The van der Waals surface area contributed by atoms with E-state index in [4.69, 9.17) is 5.73 Å². The third-order valence-electron chi connectivity index (χ3n) is 4.56. The smallest absolute Gasteiger partial charge is 0.274 e. The lowest BCUT2D eigenvalue weighted by Crippen LogP contribution is -2.23. The monoisotopic (exact) mass is 343 g/mol. The molecule has 1 aliphatic rings. The summed E-state index contributed by atoms with van der Waals surface area (Å²) < 4.78 is 13.1. The topological polar surface area (TPSA) is 89.5 Å². The van der Waals surface area contributed by atoms with E-state index in [1.807, 2.05) is 0 Å². The van der Waals surface area contributed by atoms with E-state index in [9.17, 15) is 19.3 Å². The van der Waals surface area contributed by atoms with Crippen LogP contribution in [0.2, 0.25) is 0 Å². The van der Waals surface area contributed by atoms with E-state index in [-0.39, 0.29) is 23.1 Å². The first-order valence-corrected chi connectivity index (χ1v) is 8.02. The summed E-state index contributed by atoms with van der Waals surface area (Å²) in [7, 11) is 0. The molecule has 25 heavy (non-hydrogen) atoms.